The van der Waals surface area contributed by atoms with Gasteiger partial charge >= 0.3 is 0 Å². The molecule has 2 N–H and O–H groups in total. The number of aromatic nitrogens is 2. The second-order valence-corrected chi connectivity index (χ2v) is 6.95. The molecule has 0 aromatic carbocycles. The van der Waals surface area contributed by atoms with Crippen molar-refractivity contribution < 1.29 is 18.3 Å². The number of furan rings is 1. The van der Waals surface area contributed by atoms with Crippen molar-refractivity contribution >= 4 is 22.8 Å². The maximum atomic E-state index is 14.0. The van der Waals surface area contributed by atoms with Gasteiger partial charge in [0.25, 0.3) is 5.91 Å². The van der Waals surface area contributed by atoms with Gasteiger partial charge in [-0.2, -0.15) is 0 Å². The van der Waals surface area contributed by atoms with Crippen LogP contribution in [0.3, 0.4) is 0 Å². The number of fused-ring (bicyclic) bond motifs is 1. The smallest absolute Gasteiger partial charge is 0.255 e. The number of amides is 1. The Kier molecular flexibility index (Phi) is 3.28. The summed E-state index contributed by atoms with van der Waals surface area (Å²) in [5.74, 6) is 0.614. The largest absolute Gasteiger partial charge is 0.442 e. The molecule has 4 rings (SSSR count). The molecule has 0 radical (unpaired) electrons. The monoisotopic (exact) mass is 334 g/mol. The minimum Gasteiger partial charge on any atom is -0.442 e. The molecule has 2 aliphatic rings. The van der Waals surface area contributed by atoms with E-state index in [4.69, 9.17) is 9.15 Å². The number of carbonyl (C=O) groups excluding carboxylic acids is 1. The summed E-state index contributed by atoms with van der Waals surface area (Å²) >= 11 is 0. The van der Waals surface area contributed by atoms with Crippen LogP contribution in [-0.2, 0) is 4.74 Å². The zero-order valence-corrected chi connectivity index (χ0v) is 13.6. The van der Waals surface area contributed by atoms with Crippen LogP contribution >= 0.6 is 0 Å². The fourth-order valence-corrected chi connectivity index (χ4v) is 2.76. The molecule has 0 bridgehead atoms. The van der Waals surface area contributed by atoms with Crippen LogP contribution in [-0.4, -0.2) is 46.8 Å². The number of halogens is 1. The first-order valence-corrected chi connectivity index (χ1v) is 7.96. The van der Waals surface area contributed by atoms with Gasteiger partial charge in [-0.25, -0.2) is 14.4 Å². The van der Waals surface area contributed by atoms with E-state index in [0.29, 0.717) is 28.2 Å². The minimum absolute atomic E-state index is 0.00662. The third-order valence-corrected chi connectivity index (χ3v) is 4.60. The van der Waals surface area contributed by atoms with Gasteiger partial charge in [0.15, 0.2) is 5.67 Å². The number of alkyl halides is 1. The number of aryl methyl sites for hydroxylation is 1. The number of hydrogen-bond acceptors (Lipinski definition) is 6. The molecular weight excluding hydrogens is 315 g/mol. The molecule has 8 heteroatoms. The summed E-state index contributed by atoms with van der Waals surface area (Å²) in [7, 11) is 0. The molecule has 2 aromatic rings. The number of rotatable bonds is 5. The lowest BCUT2D eigenvalue weighted by atomic mass is 10.0. The Labute approximate surface area is 138 Å². The first-order chi connectivity index (χ1) is 11.4. The van der Waals surface area contributed by atoms with Gasteiger partial charge in [-0.1, -0.05) is 0 Å². The van der Waals surface area contributed by atoms with Crippen molar-refractivity contribution in [2.45, 2.75) is 37.9 Å². The van der Waals surface area contributed by atoms with Crippen molar-refractivity contribution in [2.24, 2.45) is 0 Å². The van der Waals surface area contributed by atoms with E-state index in [1.165, 1.54) is 6.33 Å². The molecule has 2 fully saturated rings. The lowest BCUT2D eigenvalue weighted by Gasteiger charge is -2.33. The molecule has 0 spiro atoms. The Morgan fingerprint density at radius 2 is 2.12 bits per heavy atom. The van der Waals surface area contributed by atoms with Gasteiger partial charge in [0.2, 0.25) is 5.71 Å². The molecule has 1 saturated carbocycles. The molecular formula is C16H19FN4O3. The van der Waals surface area contributed by atoms with Crippen molar-refractivity contribution in [3.63, 3.8) is 0 Å². The van der Waals surface area contributed by atoms with Crippen LogP contribution in [0.2, 0.25) is 0 Å². The Morgan fingerprint density at radius 3 is 2.75 bits per heavy atom. The first-order valence-electron chi connectivity index (χ1n) is 7.96. The highest BCUT2D eigenvalue weighted by Gasteiger charge is 2.40. The van der Waals surface area contributed by atoms with E-state index < -0.39 is 11.6 Å². The van der Waals surface area contributed by atoms with Gasteiger partial charge in [0.1, 0.15) is 17.9 Å². The molecule has 1 aliphatic heterocycles. The zero-order valence-electron chi connectivity index (χ0n) is 13.6. The average molecular weight is 334 g/mol. The topological polar surface area (TPSA) is 89.3 Å². The molecule has 1 aliphatic carbocycles. The van der Waals surface area contributed by atoms with Gasteiger partial charge in [-0.05, 0) is 26.7 Å². The number of anilines is 1. The molecule has 3 heterocycles. The molecule has 7 nitrogen and oxygen atoms in total. The van der Waals surface area contributed by atoms with Gasteiger partial charge in [-0.15, -0.1) is 0 Å². The van der Waals surface area contributed by atoms with Crippen LogP contribution < -0.4 is 10.6 Å². The molecule has 1 amide bonds. The fraction of sp³-hybridized carbons (Fsp3) is 0.562. The van der Waals surface area contributed by atoms with Crippen molar-refractivity contribution in [1.82, 2.24) is 15.3 Å². The molecule has 0 unspecified atom stereocenters. The van der Waals surface area contributed by atoms with Crippen molar-refractivity contribution in [3.05, 3.63) is 17.7 Å². The number of nitrogens with zero attached hydrogens (tertiary/aromatic N) is 2. The van der Waals surface area contributed by atoms with E-state index in [1.54, 1.807) is 6.92 Å². The normalized spacial score (nSPS) is 20.5. The first kappa shape index (κ1) is 15.3. The molecule has 2 aromatic heterocycles. The van der Waals surface area contributed by atoms with Crippen molar-refractivity contribution in [1.29, 1.82) is 0 Å². The van der Waals surface area contributed by atoms with E-state index in [1.807, 2.05) is 0 Å². The standard InChI is InChI=1S/C16H19FN4O3/c1-9-10(13(22)18-5-16(17)6-23-7-16)11-12(21-15(2)3-4-15)19-8-20-14(11)24-9/h8H,3-7H2,1-2H3,(H,18,22)(H,19,20,21). The van der Waals surface area contributed by atoms with E-state index in [2.05, 4.69) is 27.5 Å². The maximum Gasteiger partial charge on any atom is 0.255 e. The van der Waals surface area contributed by atoms with E-state index in [0.717, 1.165) is 12.8 Å². The van der Waals surface area contributed by atoms with Crippen LogP contribution in [0.4, 0.5) is 10.2 Å². The molecule has 1 saturated heterocycles. The maximum absolute atomic E-state index is 14.0. The number of ether oxygens (including phenoxy) is 1. The third-order valence-electron chi connectivity index (χ3n) is 4.60. The van der Waals surface area contributed by atoms with Gasteiger partial charge in [-0.3, -0.25) is 4.79 Å². The number of hydrogen-bond donors (Lipinski definition) is 2. The lowest BCUT2D eigenvalue weighted by molar-refractivity contribution is -0.126. The van der Waals surface area contributed by atoms with Crippen LogP contribution in [0.25, 0.3) is 11.1 Å². The summed E-state index contributed by atoms with van der Waals surface area (Å²) in [6.45, 7) is 3.71. The Balaban J connectivity index is 1.65. The Hall–Kier alpha value is -2.22. The minimum atomic E-state index is -1.48. The highest BCUT2D eigenvalue weighted by Crippen LogP contribution is 2.40. The fourth-order valence-electron chi connectivity index (χ4n) is 2.76. The number of carbonyl (C=O) groups is 1. The molecule has 128 valence electrons. The summed E-state index contributed by atoms with van der Waals surface area (Å²) < 4.78 is 24.5. The van der Waals surface area contributed by atoms with E-state index in [-0.39, 0.29) is 25.3 Å². The van der Waals surface area contributed by atoms with Crippen molar-refractivity contribution in [3.8, 4) is 0 Å². The summed E-state index contributed by atoms with van der Waals surface area (Å²) in [5, 5.41) is 6.52. The van der Waals surface area contributed by atoms with Crippen LogP contribution in [0, 0.1) is 6.92 Å². The highest BCUT2D eigenvalue weighted by atomic mass is 19.1. The summed E-state index contributed by atoms with van der Waals surface area (Å²) in [4.78, 5) is 21.0. The van der Waals surface area contributed by atoms with Gasteiger partial charge in [0.05, 0.1) is 30.7 Å². The van der Waals surface area contributed by atoms with E-state index in [9.17, 15) is 9.18 Å². The predicted octanol–water partition coefficient (Wildman–Crippen LogP) is 1.96. The quantitative estimate of drug-likeness (QED) is 0.869. The molecule has 0 atom stereocenters. The Morgan fingerprint density at radius 1 is 1.38 bits per heavy atom. The summed E-state index contributed by atoms with van der Waals surface area (Å²) in [5.41, 5.74) is -0.795. The summed E-state index contributed by atoms with van der Waals surface area (Å²) in [6.07, 6.45) is 3.49. The molecule has 24 heavy (non-hydrogen) atoms. The van der Waals surface area contributed by atoms with Crippen molar-refractivity contribution in [2.75, 3.05) is 25.1 Å². The second-order valence-electron chi connectivity index (χ2n) is 6.95. The van der Waals surface area contributed by atoms with Crippen LogP contribution in [0.15, 0.2) is 10.7 Å². The second kappa shape index (κ2) is 5.14. The SMILES string of the molecule is Cc1oc2ncnc(NC3(C)CC3)c2c1C(=O)NCC1(F)COC1. The summed E-state index contributed by atoms with van der Waals surface area (Å²) in [6, 6.07) is 0. The number of nitrogens with one attached hydrogen (secondary N) is 2. The lowest BCUT2D eigenvalue weighted by Crippen LogP contribution is -2.53. The average Bonchev–Trinajstić information content (AvgIpc) is 3.12. The van der Waals surface area contributed by atoms with Crippen LogP contribution in [0.5, 0.6) is 0 Å². The van der Waals surface area contributed by atoms with E-state index >= 15 is 0 Å². The zero-order chi connectivity index (χ0) is 16.9. The Bertz CT molecular complexity index is 811. The van der Waals surface area contributed by atoms with Crippen LogP contribution in [0.1, 0.15) is 35.9 Å². The highest BCUT2D eigenvalue weighted by molar-refractivity contribution is 6.10. The van der Waals surface area contributed by atoms with Gasteiger partial charge in [0, 0.05) is 5.54 Å². The van der Waals surface area contributed by atoms with Gasteiger partial charge < -0.3 is 19.8 Å². The predicted molar refractivity (Wildman–Crippen MR) is 84.8 cm³/mol. The third kappa shape index (κ3) is 2.60.